The molecule has 1 saturated heterocycles. The summed E-state index contributed by atoms with van der Waals surface area (Å²) in [5.74, 6) is 0.310. The number of hydrogen-bond donors (Lipinski definition) is 2. The Morgan fingerprint density at radius 1 is 1.53 bits per heavy atom. The molecule has 0 saturated carbocycles. The Hall–Kier alpha value is -1.58. The molecule has 15 heavy (non-hydrogen) atoms. The highest BCUT2D eigenvalue weighted by molar-refractivity contribution is 5.79. The molecule has 1 aliphatic rings. The first-order valence-electron chi connectivity index (χ1n) is 5.08. The molecular weight excluding hydrogens is 190 g/mol. The number of aryl methyl sites for hydroxylation is 2. The maximum Gasteiger partial charge on any atom is 0.220 e. The van der Waals surface area contributed by atoms with E-state index in [2.05, 4.69) is 10.3 Å². The number of nitrogens with two attached hydrogens (primary N) is 1. The summed E-state index contributed by atoms with van der Waals surface area (Å²) in [6.45, 7) is 4.56. The highest BCUT2D eigenvalue weighted by Gasteiger charge is 2.24. The van der Waals surface area contributed by atoms with Crippen LogP contribution in [0, 0.1) is 13.8 Å². The van der Waals surface area contributed by atoms with E-state index in [9.17, 15) is 4.79 Å². The number of carbonyl (C=O) groups excluding carboxylic acids is 1. The number of nitrogens with zero attached hydrogens (tertiary/aromatic N) is 1. The molecule has 4 nitrogen and oxygen atoms in total. The van der Waals surface area contributed by atoms with Crippen molar-refractivity contribution in [2.75, 3.05) is 12.3 Å². The van der Waals surface area contributed by atoms with Crippen LogP contribution in [-0.4, -0.2) is 17.4 Å². The van der Waals surface area contributed by atoms with Crippen molar-refractivity contribution >= 4 is 11.6 Å². The van der Waals surface area contributed by atoms with Gasteiger partial charge in [0.1, 0.15) is 0 Å². The smallest absolute Gasteiger partial charge is 0.220 e. The lowest BCUT2D eigenvalue weighted by Gasteiger charge is -2.11. The van der Waals surface area contributed by atoms with Gasteiger partial charge in [-0.25, -0.2) is 0 Å². The number of aromatic nitrogens is 1. The SMILES string of the molecule is Cc1cc([C@H]2CNC(=O)C2)nc(C)c1N. The molecule has 0 bridgehead atoms. The van der Waals surface area contributed by atoms with Crippen molar-refractivity contribution in [3.8, 4) is 0 Å². The number of hydrogen-bond acceptors (Lipinski definition) is 3. The summed E-state index contributed by atoms with van der Waals surface area (Å²) in [5, 5.41) is 2.81. The van der Waals surface area contributed by atoms with E-state index in [1.54, 1.807) is 0 Å². The van der Waals surface area contributed by atoms with Gasteiger partial charge in [-0.1, -0.05) is 0 Å². The van der Waals surface area contributed by atoms with E-state index in [-0.39, 0.29) is 11.8 Å². The molecule has 0 radical (unpaired) electrons. The molecule has 3 N–H and O–H groups in total. The van der Waals surface area contributed by atoms with E-state index in [1.807, 2.05) is 19.9 Å². The molecule has 2 heterocycles. The number of nitrogen functional groups attached to an aromatic ring is 1. The van der Waals surface area contributed by atoms with Gasteiger partial charge in [-0.3, -0.25) is 9.78 Å². The number of rotatable bonds is 1. The third kappa shape index (κ3) is 1.79. The highest BCUT2D eigenvalue weighted by atomic mass is 16.1. The van der Waals surface area contributed by atoms with E-state index < -0.39 is 0 Å². The summed E-state index contributed by atoms with van der Waals surface area (Å²) in [7, 11) is 0. The molecule has 1 aliphatic heterocycles. The second-order valence-electron chi connectivity index (χ2n) is 4.07. The minimum Gasteiger partial charge on any atom is -0.397 e. The quantitative estimate of drug-likeness (QED) is 0.715. The van der Waals surface area contributed by atoms with Gasteiger partial charge in [0.15, 0.2) is 0 Å². The van der Waals surface area contributed by atoms with Crippen molar-refractivity contribution in [3.05, 3.63) is 23.0 Å². The van der Waals surface area contributed by atoms with E-state index in [0.717, 1.165) is 22.6 Å². The first-order valence-corrected chi connectivity index (χ1v) is 5.08. The van der Waals surface area contributed by atoms with E-state index in [4.69, 9.17) is 5.73 Å². The van der Waals surface area contributed by atoms with Crippen LogP contribution in [0.4, 0.5) is 5.69 Å². The maximum absolute atomic E-state index is 11.1. The zero-order valence-electron chi connectivity index (χ0n) is 9.00. The summed E-state index contributed by atoms with van der Waals surface area (Å²) in [6, 6.07) is 1.98. The molecule has 0 spiro atoms. The van der Waals surface area contributed by atoms with E-state index in [0.29, 0.717) is 13.0 Å². The van der Waals surface area contributed by atoms with Gasteiger partial charge in [0.25, 0.3) is 0 Å². The number of anilines is 1. The van der Waals surface area contributed by atoms with Crippen LogP contribution in [0.15, 0.2) is 6.07 Å². The van der Waals surface area contributed by atoms with Crippen LogP contribution in [0.3, 0.4) is 0 Å². The maximum atomic E-state index is 11.1. The number of nitrogens with one attached hydrogen (secondary N) is 1. The predicted molar refractivity (Wildman–Crippen MR) is 58.5 cm³/mol. The Labute approximate surface area is 88.9 Å². The predicted octanol–water partition coefficient (Wildman–Crippen LogP) is 0.884. The standard InChI is InChI=1S/C11H15N3O/c1-6-3-9(14-7(2)11(6)12)8-4-10(15)13-5-8/h3,8H,4-5,12H2,1-2H3,(H,13,15)/t8-/m1/s1. The lowest BCUT2D eigenvalue weighted by Crippen LogP contribution is -2.14. The second kappa shape index (κ2) is 3.53. The molecule has 0 unspecified atom stereocenters. The Morgan fingerprint density at radius 3 is 2.80 bits per heavy atom. The van der Waals surface area contributed by atoms with Crippen LogP contribution in [-0.2, 0) is 4.79 Å². The molecule has 1 amide bonds. The summed E-state index contributed by atoms with van der Waals surface area (Å²) in [4.78, 5) is 15.5. The second-order valence-corrected chi connectivity index (χ2v) is 4.07. The Kier molecular flexibility index (Phi) is 2.34. The molecule has 4 heteroatoms. The van der Waals surface area contributed by atoms with Crippen molar-refractivity contribution in [3.63, 3.8) is 0 Å². The third-order valence-corrected chi connectivity index (χ3v) is 2.87. The number of amides is 1. The molecule has 1 aromatic heterocycles. The van der Waals surface area contributed by atoms with Crippen molar-refractivity contribution in [2.45, 2.75) is 26.2 Å². The molecule has 1 fully saturated rings. The minimum atomic E-state index is 0.105. The fraction of sp³-hybridized carbons (Fsp3) is 0.455. The molecule has 0 aliphatic carbocycles. The fourth-order valence-corrected chi connectivity index (χ4v) is 1.89. The van der Waals surface area contributed by atoms with Gasteiger partial charge in [0.05, 0.1) is 11.4 Å². The third-order valence-electron chi connectivity index (χ3n) is 2.87. The summed E-state index contributed by atoms with van der Waals surface area (Å²) < 4.78 is 0. The van der Waals surface area contributed by atoms with Crippen LogP contribution in [0.2, 0.25) is 0 Å². The van der Waals surface area contributed by atoms with Gasteiger partial charge in [-0.2, -0.15) is 0 Å². The lowest BCUT2D eigenvalue weighted by molar-refractivity contribution is -0.119. The lowest BCUT2D eigenvalue weighted by atomic mass is 10.0. The van der Waals surface area contributed by atoms with Gasteiger partial charge in [0.2, 0.25) is 5.91 Å². The van der Waals surface area contributed by atoms with E-state index in [1.165, 1.54) is 0 Å². The van der Waals surface area contributed by atoms with E-state index >= 15 is 0 Å². The van der Waals surface area contributed by atoms with Crippen molar-refractivity contribution < 1.29 is 4.79 Å². The van der Waals surface area contributed by atoms with Crippen LogP contribution in [0.5, 0.6) is 0 Å². The summed E-state index contributed by atoms with van der Waals surface area (Å²) in [5.41, 5.74) is 9.44. The molecular formula is C11H15N3O. The Balaban J connectivity index is 2.33. The number of pyridine rings is 1. The van der Waals surface area contributed by atoms with Gasteiger partial charge < -0.3 is 11.1 Å². The first kappa shape index (κ1) is 9.96. The zero-order valence-corrected chi connectivity index (χ0v) is 9.00. The Morgan fingerprint density at radius 2 is 2.27 bits per heavy atom. The van der Waals surface area contributed by atoms with Gasteiger partial charge >= 0.3 is 0 Å². The van der Waals surface area contributed by atoms with Crippen LogP contribution in [0.1, 0.15) is 29.3 Å². The molecule has 1 aromatic rings. The average molecular weight is 205 g/mol. The van der Waals surface area contributed by atoms with Gasteiger partial charge in [-0.15, -0.1) is 0 Å². The van der Waals surface area contributed by atoms with Crippen LogP contribution in [0.25, 0.3) is 0 Å². The summed E-state index contributed by atoms with van der Waals surface area (Å²) >= 11 is 0. The summed E-state index contributed by atoms with van der Waals surface area (Å²) in [6.07, 6.45) is 0.537. The van der Waals surface area contributed by atoms with Crippen LogP contribution < -0.4 is 11.1 Å². The minimum absolute atomic E-state index is 0.105. The normalized spacial score (nSPS) is 20.4. The fourth-order valence-electron chi connectivity index (χ4n) is 1.89. The Bertz CT molecular complexity index is 391. The average Bonchev–Trinajstić information content (AvgIpc) is 2.60. The van der Waals surface area contributed by atoms with Crippen molar-refractivity contribution in [1.29, 1.82) is 0 Å². The molecule has 2 rings (SSSR count). The molecule has 80 valence electrons. The molecule has 1 atom stereocenters. The van der Waals surface area contributed by atoms with Gasteiger partial charge in [0, 0.05) is 24.6 Å². The van der Waals surface area contributed by atoms with Gasteiger partial charge in [-0.05, 0) is 25.5 Å². The highest BCUT2D eigenvalue weighted by Crippen LogP contribution is 2.25. The topological polar surface area (TPSA) is 68.0 Å². The number of carbonyl (C=O) groups is 1. The van der Waals surface area contributed by atoms with Crippen molar-refractivity contribution in [2.24, 2.45) is 0 Å². The zero-order chi connectivity index (χ0) is 11.0. The largest absolute Gasteiger partial charge is 0.397 e. The first-order chi connectivity index (χ1) is 7.08. The monoisotopic (exact) mass is 205 g/mol. The molecule has 0 aromatic carbocycles. The van der Waals surface area contributed by atoms with Crippen LogP contribution >= 0.6 is 0 Å². The van der Waals surface area contributed by atoms with Crippen molar-refractivity contribution in [1.82, 2.24) is 10.3 Å².